The van der Waals surface area contributed by atoms with E-state index in [1.165, 1.54) is 44.9 Å². The minimum atomic E-state index is 0.648. The van der Waals surface area contributed by atoms with Gasteiger partial charge in [0.1, 0.15) is 0 Å². The lowest BCUT2D eigenvalue weighted by atomic mass is 9.77. The van der Waals surface area contributed by atoms with Crippen molar-refractivity contribution in [2.75, 3.05) is 6.54 Å². The average Bonchev–Trinajstić information content (AvgIpc) is 2.72. The topological polar surface area (TPSA) is 29.3 Å². The van der Waals surface area contributed by atoms with E-state index in [-0.39, 0.29) is 0 Å². The van der Waals surface area contributed by atoms with Crippen LogP contribution in [0.1, 0.15) is 65.7 Å². The lowest BCUT2D eigenvalue weighted by Crippen LogP contribution is -2.51. The smallest absolute Gasteiger partial charge is 0.0252 e. The van der Waals surface area contributed by atoms with Crippen molar-refractivity contribution in [1.82, 2.24) is 4.90 Å². The molecule has 1 saturated heterocycles. The van der Waals surface area contributed by atoms with Gasteiger partial charge in [-0.3, -0.25) is 4.90 Å². The maximum absolute atomic E-state index is 6.17. The van der Waals surface area contributed by atoms with E-state index in [0.29, 0.717) is 6.04 Å². The number of nitrogens with two attached hydrogens (primary N) is 1. The predicted molar refractivity (Wildman–Crippen MR) is 78.6 cm³/mol. The first-order valence-corrected chi connectivity index (χ1v) is 8.14. The van der Waals surface area contributed by atoms with E-state index >= 15 is 0 Å². The summed E-state index contributed by atoms with van der Waals surface area (Å²) < 4.78 is 0. The molecular weight excluding hydrogens is 220 g/mol. The maximum Gasteiger partial charge on any atom is 0.0252 e. The summed E-state index contributed by atoms with van der Waals surface area (Å²) in [5, 5.41) is 0. The molecule has 2 fully saturated rings. The average molecular weight is 252 g/mol. The number of hydrogen-bond donors (Lipinski definition) is 1. The van der Waals surface area contributed by atoms with Crippen LogP contribution in [0.25, 0.3) is 0 Å². The quantitative estimate of drug-likeness (QED) is 0.831. The summed E-state index contributed by atoms with van der Waals surface area (Å²) in [7, 11) is 0. The first-order chi connectivity index (χ1) is 8.67. The molecule has 1 aliphatic carbocycles. The lowest BCUT2D eigenvalue weighted by Gasteiger charge is -2.42. The van der Waals surface area contributed by atoms with E-state index in [0.717, 1.165) is 30.5 Å². The summed E-state index contributed by atoms with van der Waals surface area (Å²) in [5.41, 5.74) is 6.17. The predicted octanol–water partition coefficient (Wildman–Crippen LogP) is 3.40. The van der Waals surface area contributed by atoms with E-state index in [9.17, 15) is 0 Å². The van der Waals surface area contributed by atoms with Gasteiger partial charge >= 0.3 is 0 Å². The van der Waals surface area contributed by atoms with Gasteiger partial charge in [0.15, 0.2) is 0 Å². The molecule has 2 N–H and O–H groups in total. The lowest BCUT2D eigenvalue weighted by molar-refractivity contribution is 0.0685. The van der Waals surface area contributed by atoms with E-state index < -0.39 is 0 Å². The molecule has 0 radical (unpaired) electrons. The molecule has 0 aromatic heterocycles. The molecule has 1 heterocycles. The molecule has 5 unspecified atom stereocenters. The van der Waals surface area contributed by atoms with Gasteiger partial charge < -0.3 is 5.73 Å². The Bertz CT molecular complexity index is 253. The highest BCUT2D eigenvalue weighted by Crippen LogP contribution is 2.37. The monoisotopic (exact) mass is 252 g/mol. The molecule has 106 valence electrons. The molecular formula is C16H32N2. The van der Waals surface area contributed by atoms with Crippen molar-refractivity contribution in [2.45, 2.75) is 83.8 Å². The third kappa shape index (κ3) is 2.91. The van der Waals surface area contributed by atoms with E-state index in [2.05, 4.69) is 25.7 Å². The summed E-state index contributed by atoms with van der Waals surface area (Å²) in [6.07, 6.45) is 9.71. The minimum Gasteiger partial charge on any atom is -0.329 e. The highest BCUT2D eigenvalue weighted by Gasteiger charge is 2.38. The van der Waals surface area contributed by atoms with Crippen molar-refractivity contribution in [3.63, 3.8) is 0 Å². The Labute approximate surface area is 113 Å². The highest BCUT2D eigenvalue weighted by molar-refractivity contribution is 4.93. The van der Waals surface area contributed by atoms with Gasteiger partial charge in [-0.1, -0.05) is 26.7 Å². The van der Waals surface area contributed by atoms with Crippen molar-refractivity contribution in [3.8, 4) is 0 Å². The second kappa shape index (κ2) is 6.38. The molecule has 0 amide bonds. The van der Waals surface area contributed by atoms with Crippen LogP contribution < -0.4 is 5.73 Å². The number of rotatable bonds is 4. The van der Waals surface area contributed by atoms with Crippen molar-refractivity contribution in [3.05, 3.63) is 0 Å². The molecule has 18 heavy (non-hydrogen) atoms. The zero-order valence-electron chi connectivity index (χ0n) is 12.6. The van der Waals surface area contributed by atoms with Crippen LogP contribution in [0, 0.1) is 11.8 Å². The number of nitrogens with zero attached hydrogens (tertiary/aromatic N) is 1. The van der Waals surface area contributed by atoms with Gasteiger partial charge in [0.05, 0.1) is 0 Å². The molecule has 2 nitrogen and oxygen atoms in total. The van der Waals surface area contributed by atoms with Crippen LogP contribution in [0.5, 0.6) is 0 Å². The maximum atomic E-state index is 6.17. The molecule has 0 aromatic carbocycles. The Morgan fingerprint density at radius 2 is 1.94 bits per heavy atom. The van der Waals surface area contributed by atoms with Gasteiger partial charge in [-0.05, 0) is 50.9 Å². The SMILES string of the molecule is CCC1CCC(C)N1C(CN)C1CCCC(C)C1. The number of likely N-dealkylation sites (tertiary alicyclic amines) is 1. The second-order valence-electron chi connectivity index (χ2n) is 6.77. The van der Waals surface area contributed by atoms with Crippen LogP contribution >= 0.6 is 0 Å². The van der Waals surface area contributed by atoms with Crippen molar-refractivity contribution < 1.29 is 0 Å². The summed E-state index contributed by atoms with van der Waals surface area (Å²) in [4.78, 5) is 2.79. The summed E-state index contributed by atoms with van der Waals surface area (Å²) in [6, 6.07) is 2.20. The molecule has 2 aliphatic rings. The van der Waals surface area contributed by atoms with Crippen LogP contribution in [0.4, 0.5) is 0 Å². The largest absolute Gasteiger partial charge is 0.329 e. The molecule has 0 aromatic rings. The van der Waals surface area contributed by atoms with Gasteiger partial charge in [0, 0.05) is 24.7 Å². The van der Waals surface area contributed by atoms with Crippen LogP contribution in [0.2, 0.25) is 0 Å². The van der Waals surface area contributed by atoms with Crippen LogP contribution in [0.15, 0.2) is 0 Å². The Morgan fingerprint density at radius 1 is 1.17 bits per heavy atom. The second-order valence-corrected chi connectivity index (χ2v) is 6.77. The van der Waals surface area contributed by atoms with Gasteiger partial charge in [-0.15, -0.1) is 0 Å². The van der Waals surface area contributed by atoms with Gasteiger partial charge in [0.25, 0.3) is 0 Å². The molecule has 5 atom stereocenters. The minimum absolute atomic E-state index is 0.648. The van der Waals surface area contributed by atoms with E-state index in [1.54, 1.807) is 0 Å². The molecule has 0 spiro atoms. The van der Waals surface area contributed by atoms with Crippen molar-refractivity contribution in [1.29, 1.82) is 0 Å². The molecule has 1 saturated carbocycles. The summed E-state index contributed by atoms with van der Waals surface area (Å²) in [6.45, 7) is 8.03. The van der Waals surface area contributed by atoms with Gasteiger partial charge in [0.2, 0.25) is 0 Å². The van der Waals surface area contributed by atoms with E-state index in [4.69, 9.17) is 5.73 Å². The Kier molecular flexibility index (Phi) is 5.08. The van der Waals surface area contributed by atoms with Crippen molar-refractivity contribution >= 4 is 0 Å². The standard InChI is InChI=1S/C16H32N2/c1-4-15-9-8-13(3)18(15)16(11-17)14-7-5-6-12(2)10-14/h12-16H,4-11,17H2,1-3H3. The summed E-state index contributed by atoms with van der Waals surface area (Å²) >= 11 is 0. The zero-order valence-corrected chi connectivity index (χ0v) is 12.6. The van der Waals surface area contributed by atoms with Crippen molar-refractivity contribution in [2.24, 2.45) is 17.6 Å². The van der Waals surface area contributed by atoms with E-state index in [1.807, 2.05) is 0 Å². The molecule has 2 heteroatoms. The van der Waals surface area contributed by atoms with Gasteiger partial charge in [-0.25, -0.2) is 0 Å². The van der Waals surface area contributed by atoms with Crippen LogP contribution in [-0.4, -0.2) is 29.6 Å². The van der Waals surface area contributed by atoms with Crippen LogP contribution in [-0.2, 0) is 0 Å². The van der Waals surface area contributed by atoms with Gasteiger partial charge in [-0.2, -0.15) is 0 Å². The normalized spacial score (nSPS) is 40.0. The molecule has 0 bridgehead atoms. The van der Waals surface area contributed by atoms with Crippen LogP contribution in [0.3, 0.4) is 0 Å². The Hall–Kier alpha value is -0.0800. The number of hydrogen-bond acceptors (Lipinski definition) is 2. The summed E-state index contributed by atoms with van der Waals surface area (Å²) in [5.74, 6) is 1.77. The first-order valence-electron chi connectivity index (χ1n) is 8.14. The fourth-order valence-electron chi connectivity index (χ4n) is 4.49. The Morgan fingerprint density at radius 3 is 2.56 bits per heavy atom. The fraction of sp³-hybridized carbons (Fsp3) is 1.00. The molecule has 2 rings (SSSR count). The Balaban J connectivity index is 2.06. The third-order valence-corrected chi connectivity index (χ3v) is 5.47. The fourth-order valence-corrected chi connectivity index (χ4v) is 4.49. The third-order valence-electron chi connectivity index (χ3n) is 5.47. The first kappa shape index (κ1) is 14.3. The molecule has 1 aliphatic heterocycles. The highest BCUT2D eigenvalue weighted by atomic mass is 15.2. The zero-order chi connectivity index (χ0) is 13.1.